The number of nitrogens with zero attached hydrogens (tertiary/aromatic N) is 5. The summed E-state index contributed by atoms with van der Waals surface area (Å²) in [6.45, 7) is 5.54. The van der Waals surface area contributed by atoms with E-state index in [0.29, 0.717) is 54.0 Å². The first kappa shape index (κ1) is 20.5. The number of ether oxygens (including phenoxy) is 1. The molecule has 0 aliphatic carbocycles. The minimum Gasteiger partial charge on any atom is -0.492 e. The third kappa shape index (κ3) is 3.70. The van der Waals surface area contributed by atoms with Gasteiger partial charge in [-0.15, -0.1) is 5.10 Å². The van der Waals surface area contributed by atoms with Crippen LogP contribution in [0.5, 0.6) is 5.88 Å². The first-order chi connectivity index (χ1) is 14.4. The zero-order valence-corrected chi connectivity index (χ0v) is 17.3. The Morgan fingerprint density at radius 2 is 2.00 bits per heavy atom. The molecule has 1 aliphatic rings. The number of carbonyl (C=O) groups excluding carboxylic acids is 1. The van der Waals surface area contributed by atoms with Gasteiger partial charge in [0.25, 0.3) is 0 Å². The van der Waals surface area contributed by atoms with Gasteiger partial charge in [0, 0.05) is 26.2 Å². The molecule has 1 aliphatic heterocycles. The van der Waals surface area contributed by atoms with Crippen LogP contribution < -0.4 is 0 Å². The number of halogens is 2. The van der Waals surface area contributed by atoms with Crippen molar-refractivity contribution in [2.24, 2.45) is 0 Å². The number of hydrogen-bond acceptors (Lipinski definition) is 7. The van der Waals surface area contributed by atoms with Gasteiger partial charge in [0.05, 0.1) is 17.5 Å². The van der Waals surface area contributed by atoms with Crippen molar-refractivity contribution < 1.29 is 23.4 Å². The fourth-order valence-corrected chi connectivity index (χ4v) is 4.78. The summed E-state index contributed by atoms with van der Waals surface area (Å²) in [4.78, 5) is 21.0. The third-order valence-electron chi connectivity index (χ3n) is 5.02. The van der Waals surface area contributed by atoms with Gasteiger partial charge in [0.1, 0.15) is 5.82 Å². The SMILES string of the molecule is CCOC(=O)N1CCN([C@H](c2ccc(F)c(F)c2)c2sc3nc(C)nn3c2O)CC1. The molecule has 30 heavy (non-hydrogen) atoms. The summed E-state index contributed by atoms with van der Waals surface area (Å²) in [5.41, 5.74) is 0.495. The van der Waals surface area contributed by atoms with E-state index in [0.717, 1.165) is 12.1 Å². The van der Waals surface area contributed by atoms with Gasteiger partial charge in [0.2, 0.25) is 10.8 Å². The highest BCUT2D eigenvalue weighted by Gasteiger charge is 2.33. The van der Waals surface area contributed by atoms with Gasteiger partial charge in [-0.2, -0.15) is 4.52 Å². The summed E-state index contributed by atoms with van der Waals surface area (Å²) in [7, 11) is 0. The number of rotatable bonds is 4. The van der Waals surface area contributed by atoms with E-state index in [1.165, 1.54) is 21.9 Å². The fraction of sp³-hybridized carbons (Fsp3) is 0.421. The van der Waals surface area contributed by atoms with Crippen molar-refractivity contribution in [2.75, 3.05) is 32.8 Å². The summed E-state index contributed by atoms with van der Waals surface area (Å²) in [5, 5.41) is 15.0. The monoisotopic (exact) mass is 437 g/mol. The Hall–Kier alpha value is -2.79. The van der Waals surface area contributed by atoms with Crippen LogP contribution in [0.1, 0.15) is 29.2 Å². The van der Waals surface area contributed by atoms with Crippen molar-refractivity contribution >= 4 is 22.4 Å². The van der Waals surface area contributed by atoms with E-state index in [2.05, 4.69) is 10.1 Å². The Bertz CT molecular complexity index is 1080. The number of aromatic nitrogens is 3. The lowest BCUT2D eigenvalue weighted by Gasteiger charge is -2.38. The number of aryl methyl sites for hydroxylation is 1. The first-order valence-corrected chi connectivity index (χ1v) is 10.4. The van der Waals surface area contributed by atoms with Crippen molar-refractivity contribution in [2.45, 2.75) is 19.9 Å². The van der Waals surface area contributed by atoms with Crippen molar-refractivity contribution in [3.63, 3.8) is 0 Å². The lowest BCUT2D eigenvalue weighted by atomic mass is 10.0. The number of hydrogen-bond donors (Lipinski definition) is 1. The molecule has 0 unspecified atom stereocenters. The highest BCUT2D eigenvalue weighted by Crippen LogP contribution is 2.40. The first-order valence-electron chi connectivity index (χ1n) is 9.54. The van der Waals surface area contributed by atoms with Gasteiger partial charge in [-0.05, 0) is 31.5 Å². The van der Waals surface area contributed by atoms with E-state index < -0.39 is 17.7 Å². The Kier molecular flexibility index (Phi) is 5.56. The van der Waals surface area contributed by atoms with Crippen LogP contribution in [-0.2, 0) is 4.74 Å². The van der Waals surface area contributed by atoms with Crippen LogP contribution in [0.3, 0.4) is 0 Å². The van der Waals surface area contributed by atoms with Gasteiger partial charge in [-0.3, -0.25) is 4.90 Å². The second-order valence-corrected chi connectivity index (χ2v) is 7.95. The number of benzene rings is 1. The van der Waals surface area contributed by atoms with Crippen LogP contribution in [0.25, 0.3) is 4.96 Å². The molecule has 8 nitrogen and oxygen atoms in total. The molecule has 3 heterocycles. The molecule has 1 atom stereocenters. The van der Waals surface area contributed by atoms with Gasteiger partial charge < -0.3 is 14.7 Å². The number of aromatic hydroxyl groups is 1. The Morgan fingerprint density at radius 3 is 2.63 bits per heavy atom. The lowest BCUT2D eigenvalue weighted by molar-refractivity contribution is 0.0715. The summed E-state index contributed by atoms with van der Waals surface area (Å²) < 4.78 is 34.0. The second-order valence-electron chi connectivity index (χ2n) is 6.94. The molecule has 0 radical (unpaired) electrons. The zero-order valence-electron chi connectivity index (χ0n) is 16.5. The van der Waals surface area contributed by atoms with E-state index >= 15 is 0 Å². The van der Waals surface area contributed by atoms with Crippen molar-refractivity contribution in [3.8, 4) is 5.88 Å². The quantitative estimate of drug-likeness (QED) is 0.676. The zero-order chi connectivity index (χ0) is 21.4. The number of thiazole rings is 1. The molecule has 11 heteroatoms. The van der Waals surface area contributed by atoms with Crippen LogP contribution in [-0.4, -0.2) is 68.4 Å². The summed E-state index contributed by atoms with van der Waals surface area (Å²) >= 11 is 1.24. The van der Waals surface area contributed by atoms with Crippen LogP contribution in [0, 0.1) is 18.6 Å². The van der Waals surface area contributed by atoms with Crippen molar-refractivity contribution in [3.05, 3.63) is 46.1 Å². The number of carbonyl (C=O) groups is 1. The van der Waals surface area contributed by atoms with Crippen LogP contribution in [0.15, 0.2) is 18.2 Å². The number of amides is 1. The maximum atomic E-state index is 14.0. The highest BCUT2D eigenvalue weighted by atomic mass is 32.1. The number of piperazine rings is 1. The van der Waals surface area contributed by atoms with E-state index in [-0.39, 0.29) is 12.0 Å². The Balaban J connectivity index is 1.69. The molecular formula is C19H21F2N5O3S. The topological polar surface area (TPSA) is 83.2 Å². The molecule has 1 fully saturated rings. The molecule has 160 valence electrons. The molecule has 1 N–H and O–H groups in total. The molecule has 1 saturated heterocycles. The second kappa shape index (κ2) is 8.15. The molecule has 3 aromatic rings. The Morgan fingerprint density at radius 1 is 1.27 bits per heavy atom. The van der Waals surface area contributed by atoms with Crippen LogP contribution in [0.4, 0.5) is 13.6 Å². The predicted octanol–water partition coefficient (Wildman–Crippen LogP) is 2.95. The van der Waals surface area contributed by atoms with Crippen LogP contribution in [0.2, 0.25) is 0 Å². The maximum absolute atomic E-state index is 14.0. The smallest absolute Gasteiger partial charge is 0.409 e. The average Bonchev–Trinajstić information content (AvgIpc) is 3.23. The van der Waals surface area contributed by atoms with E-state index in [4.69, 9.17) is 4.74 Å². The van der Waals surface area contributed by atoms with Gasteiger partial charge in [-0.1, -0.05) is 17.4 Å². The molecule has 0 bridgehead atoms. The fourth-order valence-electron chi connectivity index (χ4n) is 3.61. The standard InChI is InChI=1S/C19H21F2N5O3S/c1-3-29-19(28)25-8-6-24(7-9-25)15(12-4-5-13(20)14(21)10-12)16-17(27)26-18(30-16)22-11(2)23-26/h4-5,10,15,27H,3,6-9H2,1-2H3/t15-/m1/s1. The maximum Gasteiger partial charge on any atom is 0.409 e. The van der Waals surface area contributed by atoms with E-state index in [1.54, 1.807) is 18.7 Å². The van der Waals surface area contributed by atoms with Crippen molar-refractivity contribution in [1.82, 2.24) is 24.4 Å². The molecule has 0 saturated carbocycles. The third-order valence-corrected chi connectivity index (χ3v) is 6.09. The van der Waals surface area contributed by atoms with Crippen LogP contribution >= 0.6 is 11.3 Å². The molecule has 0 spiro atoms. The molecule has 2 aromatic heterocycles. The highest BCUT2D eigenvalue weighted by molar-refractivity contribution is 7.17. The minimum atomic E-state index is -0.961. The summed E-state index contributed by atoms with van der Waals surface area (Å²) in [6.07, 6.45) is -0.376. The van der Waals surface area contributed by atoms with E-state index in [9.17, 15) is 18.7 Å². The van der Waals surface area contributed by atoms with Gasteiger partial charge in [-0.25, -0.2) is 18.6 Å². The molecule has 4 rings (SSSR count). The normalized spacial score (nSPS) is 16.2. The average molecular weight is 437 g/mol. The molecule has 1 amide bonds. The van der Waals surface area contributed by atoms with Gasteiger partial charge >= 0.3 is 6.09 Å². The lowest BCUT2D eigenvalue weighted by Crippen LogP contribution is -2.50. The van der Waals surface area contributed by atoms with Gasteiger partial charge in [0.15, 0.2) is 11.6 Å². The minimum absolute atomic E-state index is 0.0850. The molecular weight excluding hydrogens is 416 g/mol. The number of fused-ring (bicyclic) bond motifs is 1. The summed E-state index contributed by atoms with van der Waals surface area (Å²) in [5.74, 6) is -1.46. The molecule has 1 aromatic carbocycles. The summed E-state index contributed by atoms with van der Waals surface area (Å²) in [6, 6.07) is 3.17. The van der Waals surface area contributed by atoms with Crippen molar-refractivity contribution in [1.29, 1.82) is 0 Å². The predicted molar refractivity (Wildman–Crippen MR) is 106 cm³/mol. The largest absolute Gasteiger partial charge is 0.492 e. The Labute approximate surface area is 175 Å². The van der Waals surface area contributed by atoms with E-state index in [1.807, 2.05) is 4.90 Å².